The van der Waals surface area contributed by atoms with Crippen LogP contribution in [0.5, 0.6) is 0 Å². The second kappa shape index (κ2) is 6.51. The number of nitrogens with zero attached hydrogens (tertiary/aromatic N) is 2. The Morgan fingerprint density at radius 3 is 2.48 bits per heavy atom. The van der Waals surface area contributed by atoms with Gasteiger partial charge in [0.25, 0.3) is 11.5 Å². The van der Waals surface area contributed by atoms with Crippen molar-refractivity contribution in [2.45, 2.75) is 39.7 Å². The Labute approximate surface area is 123 Å². The fraction of sp³-hybridized carbons (Fsp3) is 0.571. The van der Waals surface area contributed by atoms with Crippen LogP contribution < -0.4 is 10.9 Å². The Bertz CT molecular complexity index is 587. The third-order valence-corrected chi connectivity index (χ3v) is 2.98. The van der Waals surface area contributed by atoms with Gasteiger partial charge >= 0.3 is 5.97 Å². The summed E-state index contributed by atoms with van der Waals surface area (Å²) in [5.41, 5.74) is -0.346. The highest BCUT2D eigenvalue weighted by molar-refractivity contribution is 5.94. The number of carbonyl (C=O) groups excluding carboxylic acids is 1. The van der Waals surface area contributed by atoms with Crippen LogP contribution in [0.15, 0.2) is 16.9 Å². The number of aromatic nitrogens is 2. The SMILES string of the molecule is Cn1nc(C(=O)NC(CCC(C)(C)C)C(=O)O)ccc1=O. The molecule has 1 aromatic rings. The molecule has 0 saturated heterocycles. The van der Waals surface area contributed by atoms with Crippen molar-refractivity contribution in [3.63, 3.8) is 0 Å². The van der Waals surface area contributed by atoms with Crippen LogP contribution in [-0.2, 0) is 11.8 Å². The number of aliphatic carboxylic acids is 1. The number of carboxylic acids is 1. The summed E-state index contributed by atoms with van der Waals surface area (Å²) in [5, 5.41) is 15.4. The van der Waals surface area contributed by atoms with Gasteiger partial charge in [-0.1, -0.05) is 20.8 Å². The fourth-order valence-electron chi connectivity index (χ4n) is 1.69. The van der Waals surface area contributed by atoms with Crippen molar-refractivity contribution < 1.29 is 14.7 Å². The van der Waals surface area contributed by atoms with Gasteiger partial charge in [-0.15, -0.1) is 0 Å². The van der Waals surface area contributed by atoms with Gasteiger partial charge in [-0.05, 0) is 24.3 Å². The van der Waals surface area contributed by atoms with E-state index in [1.165, 1.54) is 19.2 Å². The van der Waals surface area contributed by atoms with Crippen LogP contribution in [0, 0.1) is 5.41 Å². The van der Waals surface area contributed by atoms with Gasteiger partial charge in [0.1, 0.15) is 11.7 Å². The minimum absolute atomic E-state index is 0.0131. The average Bonchev–Trinajstić information content (AvgIpc) is 2.36. The topological polar surface area (TPSA) is 101 Å². The molecule has 0 bridgehead atoms. The van der Waals surface area contributed by atoms with E-state index in [0.29, 0.717) is 12.8 Å². The molecule has 0 aliphatic carbocycles. The standard InChI is InChI=1S/C14H21N3O4/c1-14(2,3)8-7-10(13(20)21)15-12(19)9-5-6-11(18)17(4)16-9/h5-6,10H,7-8H2,1-4H3,(H,15,19)(H,20,21). The van der Waals surface area contributed by atoms with Gasteiger partial charge in [-0.2, -0.15) is 5.10 Å². The molecule has 1 rings (SSSR count). The summed E-state index contributed by atoms with van der Waals surface area (Å²) in [5.74, 6) is -1.69. The predicted octanol–water partition coefficient (Wildman–Crippen LogP) is 0.790. The van der Waals surface area contributed by atoms with Gasteiger partial charge in [0.05, 0.1) is 0 Å². The van der Waals surface area contributed by atoms with Gasteiger partial charge in [0, 0.05) is 13.1 Å². The molecule has 0 aliphatic heterocycles. The van der Waals surface area contributed by atoms with Crippen LogP contribution in [0.3, 0.4) is 0 Å². The first-order chi connectivity index (χ1) is 9.60. The first-order valence-electron chi connectivity index (χ1n) is 6.68. The lowest BCUT2D eigenvalue weighted by molar-refractivity contribution is -0.139. The lowest BCUT2D eigenvalue weighted by Gasteiger charge is -2.21. The molecule has 2 N–H and O–H groups in total. The van der Waals surface area contributed by atoms with E-state index in [1.807, 2.05) is 20.8 Å². The van der Waals surface area contributed by atoms with Crippen molar-refractivity contribution in [2.24, 2.45) is 12.5 Å². The maximum atomic E-state index is 12.0. The second-order valence-corrected chi connectivity index (χ2v) is 6.14. The van der Waals surface area contributed by atoms with Crippen molar-refractivity contribution >= 4 is 11.9 Å². The molecule has 1 atom stereocenters. The molecule has 0 spiro atoms. The van der Waals surface area contributed by atoms with Crippen LogP contribution in [0.1, 0.15) is 44.1 Å². The zero-order chi connectivity index (χ0) is 16.2. The lowest BCUT2D eigenvalue weighted by Crippen LogP contribution is -2.42. The Hall–Kier alpha value is -2.18. The van der Waals surface area contributed by atoms with Crippen LogP contribution in [0.25, 0.3) is 0 Å². The molecule has 1 unspecified atom stereocenters. The quantitative estimate of drug-likeness (QED) is 0.836. The largest absolute Gasteiger partial charge is 0.480 e. The first-order valence-corrected chi connectivity index (χ1v) is 6.68. The molecule has 7 nitrogen and oxygen atoms in total. The number of hydrogen-bond donors (Lipinski definition) is 2. The molecule has 1 aromatic heterocycles. The second-order valence-electron chi connectivity index (χ2n) is 6.14. The fourth-order valence-corrected chi connectivity index (χ4v) is 1.69. The molecule has 116 valence electrons. The molecular formula is C14H21N3O4. The van der Waals surface area contributed by atoms with Gasteiger partial charge in [-0.25, -0.2) is 9.48 Å². The molecular weight excluding hydrogens is 274 g/mol. The van der Waals surface area contributed by atoms with E-state index < -0.39 is 17.9 Å². The zero-order valence-electron chi connectivity index (χ0n) is 12.7. The van der Waals surface area contributed by atoms with Gasteiger partial charge < -0.3 is 10.4 Å². The minimum atomic E-state index is -1.09. The van der Waals surface area contributed by atoms with Crippen molar-refractivity contribution in [1.82, 2.24) is 15.1 Å². The van der Waals surface area contributed by atoms with Crippen LogP contribution in [-0.4, -0.2) is 32.8 Å². The third kappa shape index (κ3) is 5.37. The van der Waals surface area contributed by atoms with Crippen molar-refractivity contribution in [3.05, 3.63) is 28.2 Å². The minimum Gasteiger partial charge on any atom is -0.480 e. The van der Waals surface area contributed by atoms with Crippen LogP contribution in [0.2, 0.25) is 0 Å². The molecule has 21 heavy (non-hydrogen) atoms. The van der Waals surface area contributed by atoms with E-state index in [9.17, 15) is 19.5 Å². The number of carbonyl (C=O) groups is 2. The number of carboxylic acid groups (broad SMARTS) is 1. The molecule has 1 heterocycles. The Kier molecular flexibility index (Phi) is 5.23. The summed E-state index contributed by atoms with van der Waals surface area (Å²) in [6, 6.07) is 1.52. The average molecular weight is 295 g/mol. The molecule has 0 fully saturated rings. The zero-order valence-corrected chi connectivity index (χ0v) is 12.7. The van der Waals surface area contributed by atoms with Crippen molar-refractivity contribution in [2.75, 3.05) is 0 Å². The molecule has 0 saturated carbocycles. The van der Waals surface area contributed by atoms with Gasteiger partial charge in [-0.3, -0.25) is 9.59 Å². The van der Waals surface area contributed by atoms with E-state index in [2.05, 4.69) is 10.4 Å². The summed E-state index contributed by atoms with van der Waals surface area (Å²) in [4.78, 5) is 34.4. The number of rotatable bonds is 5. The third-order valence-electron chi connectivity index (χ3n) is 2.98. The van der Waals surface area contributed by atoms with Crippen molar-refractivity contribution in [3.8, 4) is 0 Å². The van der Waals surface area contributed by atoms with Gasteiger partial charge in [0.2, 0.25) is 0 Å². The summed E-state index contributed by atoms with van der Waals surface area (Å²) in [7, 11) is 1.42. The maximum absolute atomic E-state index is 12.0. The van der Waals surface area contributed by atoms with E-state index in [4.69, 9.17) is 0 Å². The summed E-state index contributed by atoms with van der Waals surface area (Å²) >= 11 is 0. The highest BCUT2D eigenvalue weighted by Gasteiger charge is 2.23. The molecule has 0 aliphatic rings. The number of amides is 1. The maximum Gasteiger partial charge on any atom is 0.326 e. The smallest absolute Gasteiger partial charge is 0.326 e. The highest BCUT2D eigenvalue weighted by atomic mass is 16.4. The number of hydrogen-bond acceptors (Lipinski definition) is 4. The Morgan fingerprint density at radius 2 is 2.00 bits per heavy atom. The Morgan fingerprint density at radius 1 is 1.38 bits per heavy atom. The summed E-state index contributed by atoms with van der Waals surface area (Å²) in [6.07, 6.45) is 0.987. The van der Waals surface area contributed by atoms with E-state index >= 15 is 0 Å². The van der Waals surface area contributed by atoms with Crippen LogP contribution >= 0.6 is 0 Å². The lowest BCUT2D eigenvalue weighted by atomic mass is 9.88. The summed E-state index contributed by atoms with van der Waals surface area (Å²) in [6.45, 7) is 6.01. The normalized spacial score (nSPS) is 12.8. The van der Waals surface area contributed by atoms with Crippen LogP contribution in [0.4, 0.5) is 0 Å². The van der Waals surface area contributed by atoms with E-state index in [1.54, 1.807) is 0 Å². The molecule has 0 radical (unpaired) electrons. The van der Waals surface area contributed by atoms with Crippen molar-refractivity contribution in [1.29, 1.82) is 0 Å². The number of aryl methyl sites for hydroxylation is 1. The molecule has 7 heteroatoms. The molecule has 1 amide bonds. The van der Waals surface area contributed by atoms with Gasteiger partial charge in [0.15, 0.2) is 0 Å². The highest BCUT2D eigenvalue weighted by Crippen LogP contribution is 2.21. The first kappa shape index (κ1) is 16.9. The van der Waals surface area contributed by atoms with E-state index in [0.717, 1.165) is 4.68 Å². The molecule has 0 aromatic carbocycles. The monoisotopic (exact) mass is 295 g/mol. The Balaban J connectivity index is 2.79. The predicted molar refractivity (Wildman–Crippen MR) is 77.1 cm³/mol. The van der Waals surface area contributed by atoms with E-state index in [-0.39, 0.29) is 16.7 Å². The number of nitrogens with one attached hydrogen (secondary N) is 1. The summed E-state index contributed by atoms with van der Waals surface area (Å²) < 4.78 is 1.03.